The number of hydrogen-bond donors (Lipinski definition) is 2. The third-order valence-electron chi connectivity index (χ3n) is 6.92. The van der Waals surface area contributed by atoms with Crippen molar-refractivity contribution in [2.24, 2.45) is 0 Å². The average molecular weight is 496 g/mol. The Morgan fingerprint density at radius 1 is 0.972 bits per heavy atom. The van der Waals surface area contributed by atoms with Crippen LogP contribution in [-0.2, 0) is 0 Å². The Labute approximate surface area is 214 Å². The van der Waals surface area contributed by atoms with Crippen LogP contribution in [0.25, 0.3) is 44.3 Å². The van der Waals surface area contributed by atoms with Crippen LogP contribution in [0.3, 0.4) is 0 Å². The molecule has 36 heavy (non-hydrogen) atoms. The molecule has 2 N–H and O–H groups in total. The zero-order valence-corrected chi connectivity index (χ0v) is 20.7. The quantitative estimate of drug-likeness (QED) is 0.321. The van der Waals surface area contributed by atoms with Gasteiger partial charge in [-0.25, -0.2) is 4.98 Å². The third-order valence-corrected chi connectivity index (χ3v) is 7.21. The first kappa shape index (κ1) is 22.7. The second-order valence-electron chi connectivity index (χ2n) is 9.46. The van der Waals surface area contributed by atoms with Crippen molar-refractivity contribution in [3.63, 3.8) is 0 Å². The lowest BCUT2D eigenvalue weighted by Crippen LogP contribution is -2.37. The maximum atomic E-state index is 13.0. The molecule has 7 heteroatoms. The van der Waals surface area contributed by atoms with Crippen molar-refractivity contribution in [2.45, 2.75) is 18.9 Å². The van der Waals surface area contributed by atoms with Crippen molar-refractivity contribution in [3.05, 3.63) is 88.3 Å². The Kier molecular flexibility index (Phi) is 5.91. The van der Waals surface area contributed by atoms with E-state index in [0.29, 0.717) is 16.4 Å². The van der Waals surface area contributed by atoms with Crippen molar-refractivity contribution in [1.29, 1.82) is 0 Å². The molecular weight excluding hydrogens is 470 g/mol. The molecule has 1 saturated heterocycles. The fourth-order valence-electron chi connectivity index (χ4n) is 4.95. The maximum absolute atomic E-state index is 13.0. The van der Waals surface area contributed by atoms with Gasteiger partial charge >= 0.3 is 0 Å². The van der Waals surface area contributed by atoms with Gasteiger partial charge in [0, 0.05) is 34.1 Å². The summed E-state index contributed by atoms with van der Waals surface area (Å²) in [5.74, 6) is 0. The first-order valence-corrected chi connectivity index (χ1v) is 12.6. The summed E-state index contributed by atoms with van der Waals surface area (Å²) >= 11 is 6.65. The highest BCUT2D eigenvalue weighted by Crippen LogP contribution is 2.36. The Hall–Kier alpha value is -3.74. The fourth-order valence-corrected chi connectivity index (χ4v) is 5.23. The van der Waals surface area contributed by atoms with Gasteiger partial charge in [0.2, 0.25) is 0 Å². The SMILES string of the molecule is CN1CCC(Nc2cc3cc(-c4cc(Cl)c5ncccc5c4)c(-c4ccccc4)nc3[nH]c2=O)CC1. The van der Waals surface area contributed by atoms with E-state index >= 15 is 0 Å². The standard InChI is InChI=1S/C29H26ClN5O/c1-35-12-9-22(10-13-35)32-25-17-21-15-23(20-14-19-8-5-11-31-27(19)24(30)16-20)26(18-6-3-2-4-7-18)33-28(21)34-29(25)36/h2-8,11,14-17,22,32H,9-10,12-13H2,1H3,(H,33,34,36). The lowest BCUT2D eigenvalue weighted by atomic mass is 9.96. The molecule has 0 radical (unpaired) electrons. The predicted molar refractivity (Wildman–Crippen MR) is 148 cm³/mol. The molecule has 6 nitrogen and oxygen atoms in total. The summed E-state index contributed by atoms with van der Waals surface area (Å²) in [5, 5.41) is 5.89. The zero-order valence-electron chi connectivity index (χ0n) is 20.0. The molecule has 0 amide bonds. The summed E-state index contributed by atoms with van der Waals surface area (Å²) in [4.78, 5) is 27.7. The number of likely N-dealkylation sites (tertiary alicyclic amines) is 1. The fraction of sp³-hybridized carbons (Fsp3) is 0.207. The van der Waals surface area contributed by atoms with Crippen LogP contribution in [0.5, 0.6) is 0 Å². The molecule has 3 aromatic heterocycles. The molecule has 0 unspecified atom stereocenters. The molecule has 0 bridgehead atoms. The minimum atomic E-state index is -0.152. The summed E-state index contributed by atoms with van der Waals surface area (Å²) in [5.41, 5.74) is 5.40. The molecule has 0 aliphatic carbocycles. The molecular formula is C29H26ClN5O. The number of piperidine rings is 1. The van der Waals surface area contributed by atoms with Crippen LogP contribution in [-0.4, -0.2) is 46.0 Å². The normalized spacial score (nSPS) is 14.9. The lowest BCUT2D eigenvalue weighted by Gasteiger charge is -2.29. The molecule has 180 valence electrons. The molecule has 1 aliphatic rings. The van der Waals surface area contributed by atoms with Gasteiger partial charge in [-0.05, 0) is 68.9 Å². The molecule has 4 heterocycles. The van der Waals surface area contributed by atoms with Gasteiger partial charge < -0.3 is 15.2 Å². The highest BCUT2D eigenvalue weighted by Gasteiger charge is 2.19. The summed E-state index contributed by atoms with van der Waals surface area (Å²) < 4.78 is 0. The molecule has 0 saturated carbocycles. The highest BCUT2D eigenvalue weighted by atomic mass is 35.5. The van der Waals surface area contributed by atoms with Crippen LogP contribution in [0.2, 0.25) is 5.02 Å². The summed E-state index contributed by atoms with van der Waals surface area (Å²) in [6.45, 7) is 2.04. The monoisotopic (exact) mass is 495 g/mol. The van der Waals surface area contributed by atoms with Gasteiger partial charge in [-0.15, -0.1) is 0 Å². The molecule has 2 aromatic carbocycles. The van der Waals surface area contributed by atoms with E-state index in [-0.39, 0.29) is 11.6 Å². The third kappa shape index (κ3) is 4.34. The molecule has 1 aliphatic heterocycles. The van der Waals surface area contributed by atoms with Crippen LogP contribution >= 0.6 is 11.6 Å². The van der Waals surface area contributed by atoms with Crippen molar-refractivity contribution in [3.8, 4) is 22.4 Å². The molecule has 0 atom stereocenters. The van der Waals surface area contributed by atoms with Gasteiger partial charge in [0.25, 0.3) is 5.56 Å². The van der Waals surface area contributed by atoms with Gasteiger partial charge in [-0.2, -0.15) is 0 Å². The van der Waals surface area contributed by atoms with E-state index in [0.717, 1.165) is 64.6 Å². The van der Waals surface area contributed by atoms with E-state index in [1.54, 1.807) is 6.20 Å². The Balaban J connectivity index is 1.51. The Morgan fingerprint density at radius 2 is 1.78 bits per heavy atom. The van der Waals surface area contributed by atoms with E-state index < -0.39 is 0 Å². The van der Waals surface area contributed by atoms with Crippen molar-refractivity contribution in [2.75, 3.05) is 25.5 Å². The first-order valence-electron chi connectivity index (χ1n) is 12.2. The first-order chi connectivity index (χ1) is 17.5. The number of aromatic amines is 1. The number of anilines is 1. The number of nitrogens with one attached hydrogen (secondary N) is 2. The number of halogens is 1. The van der Waals surface area contributed by atoms with Crippen LogP contribution in [0, 0.1) is 0 Å². The predicted octanol–water partition coefficient (Wildman–Crippen LogP) is 5.96. The van der Waals surface area contributed by atoms with Gasteiger partial charge in [0.15, 0.2) is 0 Å². The Bertz CT molecular complexity index is 1620. The summed E-state index contributed by atoms with van der Waals surface area (Å²) in [7, 11) is 2.13. The lowest BCUT2D eigenvalue weighted by molar-refractivity contribution is 0.264. The molecule has 0 spiro atoms. The minimum Gasteiger partial charge on any atom is -0.378 e. The minimum absolute atomic E-state index is 0.152. The molecule has 1 fully saturated rings. The number of fused-ring (bicyclic) bond motifs is 2. The van der Waals surface area contributed by atoms with Crippen molar-refractivity contribution < 1.29 is 0 Å². The van der Waals surface area contributed by atoms with E-state index in [1.165, 1.54) is 0 Å². The topological polar surface area (TPSA) is 73.9 Å². The van der Waals surface area contributed by atoms with E-state index in [4.69, 9.17) is 16.6 Å². The van der Waals surface area contributed by atoms with Gasteiger partial charge in [-0.3, -0.25) is 9.78 Å². The van der Waals surface area contributed by atoms with Crippen LogP contribution in [0.4, 0.5) is 5.69 Å². The second-order valence-corrected chi connectivity index (χ2v) is 9.86. The van der Waals surface area contributed by atoms with Gasteiger partial charge in [0.05, 0.1) is 16.2 Å². The smallest absolute Gasteiger partial charge is 0.272 e. The largest absolute Gasteiger partial charge is 0.378 e. The highest BCUT2D eigenvalue weighted by molar-refractivity contribution is 6.35. The van der Waals surface area contributed by atoms with Gasteiger partial charge in [-0.1, -0.05) is 48.0 Å². The maximum Gasteiger partial charge on any atom is 0.272 e. The Morgan fingerprint density at radius 3 is 2.58 bits per heavy atom. The van der Waals surface area contributed by atoms with Crippen LogP contribution < -0.4 is 10.9 Å². The average Bonchev–Trinajstić information content (AvgIpc) is 2.90. The van der Waals surface area contributed by atoms with E-state index in [9.17, 15) is 4.79 Å². The van der Waals surface area contributed by atoms with Crippen LogP contribution in [0.1, 0.15) is 12.8 Å². The number of aromatic nitrogens is 3. The number of benzene rings is 2. The molecule has 6 rings (SSSR count). The number of rotatable bonds is 4. The number of H-pyrrole nitrogens is 1. The van der Waals surface area contributed by atoms with Crippen molar-refractivity contribution >= 4 is 39.2 Å². The zero-order chi connectivity index (χ0) is 24.6. The van der Waals surface area contributed by atoms with Crippen molar-refractivity contribution in [1.82, 2.24) is 19.9 Å². The summed E-state index contributed by atoms with van der Waals surface area (Å²) in [6.07, 6.45) is 3.76. The van der Waals surface area contributed by atoms with E-state index in [1.807, 2.05) is 54.6 Å². The number of hydrogen-bond acceptors (Lipinski definition) is 5. The molecule has 5 aromatic rings. The van der Waals surface area contributed by atoms with Crippen LogP contribution in [0.15, 0.2) is 77.7 Å². The number of nitrogens with zero attached hydrogens (tertiary/aromatic N) is 3. The summed E-state index contributed by atoms with van der Waals surface area (Å²) in [6, 6.07) is 22.2. The second kappa shape index (κ2) is 9.37. The van der Waals surface area contributed by atoms with E-state index in [2.05, 4.69) is 39.4 Å². The number of pyridine rings is 3. The van der Waals surface area contributed by atoms with Gasteiger partial charge in [0.1, 0.15) is 11.3 Å².